The summed E-state index contributed by atoms with van der Waals surface area (Å²) in [5.41, 5.74) is 4.01. The van der Waals surface area contributed by atoms with E-state index in [1.165, 1.54) is 21.6 Å². The Bertz CT molecular complexity index is 860. The molecule has 0 spiro atoms. The number of likely N-dealkylation sites (tertiary alicyclic amines) is 1. The lowest BCUT2D eigenvalue weighted by Crippen LogP contribution is -2.40. The minimum atomic E-state index is -0.196. The number of benzene rings is 2. The Hall–Kier alpha value is -2.68. The van der Waals surface area contributed by atoms with Gasteiger partial charge in [-0.3, -0.25) is 14.5 Å². The van der Waals surface area contributed by atoms with Crippen LogP contribution in [0.4, 0.5) is 0 Å². The first-order valence-corrected chi connectivity index (χ1v) is 9.93. The molecule has 3 rings (SSSR count). The number of carbonyl (C=O) groups is 2. The van der Waals surface area contributed by atoms with E-state index in [-0.39, 0.29) is 23.3 Å². The fourth-order valence-corrected chi connectivity index (χ4v) is 3.71. The van der Waals surface area contributed by atoms with Crippen LogP contribution in [-0.4, -0.2) is 22.8 Å². The highest BCUT2D eigenvalue weighted by atomic mass is 16.2. The Labute approximate surface area is 168 Å². The average Bonchev–Trinajstić information content (AvgIpc) is 2.94. The van der Waals surface area contributed by atoms with E-state index < -0.39 is 0 Å². The topological polar surface area (TPSA) is 37.4 Å². The zero-order chi connectivity index (χ0) is 20.3. The molecule has 3 heteroatoms. The second-order valence-corrected chi connectivity index (χ2v) is 8.87. The minimum Gasteiger partial charge on any atom is -0.275 e. The molecule has 1 fully saturated rings. The van der Waals surface area contributed by atoms with Crippen molar-refractivity contribution in [3.63, 3.8) is 0 Å². The Morgan fingerprint density at radius 1 is 1.04 bits per heavy atom. The fraction of sp³-hybridized carbons (Fsp3) is 0.360. The highest BCUT2D eigenvalue weighted by Gasteiger charge is 2.38. The van der Waals surface area contributed by atoms with Gasteiger partial charge in [0.15, 0.2) is 0 Å². The lowest BCUT2D eigenvalue weighted by molar-refractivity contribution is -0.144. The van der Waals surface area contributed by atoms with Gasteiger partial charge in [-0.05, 0) is 41.4 Å². The Morgan fingerprint density at radius 3 is 2.25 bits per heavy atom. The van der Waals surface area contributed by atoms with E-state index in [2.05, 4.69) is 43.0 Å². The molecule has 2 aromatic carbocycles. The molecule has 1 aliphatic rings. The van der Waals surface area contributed by atoms with Gasteiger partial charge < -0.3 is 0 Å². The molecule has 28 heavy (non-hydrogen) atoms. The monoisotopic (exact) mass is 375 g/mol. The van der Waals surface area contributed by atoms with E-state index in [0.29, 0.717) is 18.4 Å². The van der Waals surface area contributed by atoms with Crippen LogP contribution in [0.1, 0.15) is 45.6 Å². The number of nitrogens with zero attached hydrogens (tertiary/aromatic N) is 1. The Balaban J connectivity index is 1.66. The summed E-state index contributed by atoms with van der Waals surface area (Å²) in [5.74, 6) is -0.278. The fourth-order valence-electron chi connectivity index (χ4n) is 3.71. The van der Waals surface area contributed by atoms with E-state index >= 15 is 0 Å². The van der Waals surface area contributed by atoms with Crippen molar-refractivity contribution in [1.82, 2.24) is 4.90 Å². The van der Waals surface area contributed by atoms with Crippen LogP contribution in [0.5, 0.6) is 0 Å². The van der Waals surface area contributed by atoms with Gasteiger partial charge in [0.1, 0.15) is 0 Å². The van der Waals surface area contributed by atoms with Gasteiger partial charge in [-0.1, -0.05) is 81.9 Å². The molecule has 0 bridgehead atoms. The predicted octanol–water partition coefficient (Wildman–Crippen LogP) is 5.41. The summed E-state index contributed by atoms with van der Waals surface area (Å²) in [6, 6.07) is 18.7. The lowest BCUT2D eigenvalue weighted by atomic mass is 9.91. The summed E-state index contributed by atoms with van der Waals surface area (Å²) in [6.45, 7) is 9.92. The molecule has 0 aromatic heterocycles. The number of amides is 2. The van der Waals surface area contributed by atoms with E-state index in [9.17, 15) is 9.59 Å². The van der Waals surface area contributed by atoms with Crippen molar-refractivity contribution >= 4 is 11.8 Å². The van der Waals surface area contributed by atoms with Crippen molar-refractivity contribution in [2.24, 2.45) is 5.41 Å². The lowest BCUT2D eigenvalue weighted by Gasteiger charge is -2.26. The summed E-state index contributed by atoms with van der Waals surface area (Å²) < 4.78 is 0. The number of hydrogen-bond acceptors (Lipinski definition) is 2. The molecule has 2 aromatic rings. The molecule has 0 unspecified atom stereocenters. The van der Waals surface area contributed by atoms with Gasteiger partial charge in [-0.25, -0.2) is 0 Å². The number of aryl methyl sites for hydroxylation is 1. The van der Waals surface area contributed by atoms with Crippen molar-refractivity contribution in [2.45, 2.75) is 52.5 Å². The second kappa shape index (κ2) is 8.14. The van der Waals surface area contributed by atoms with E-state index in [1.54, 1.807) is 0 Å². The molecule has 1 heterocycles. The molecule has 1 atom stereocenters. The first-order valence-electron chi connectivity index (χ1n) is 9.93. The van der Waals surface area contributed by atoms with Crippen molar-refractivity contribution < 1.29 is 9.59 Å². The number of rotatable bonds is 5. The molecule has 0 saturated carbocycles. The van der Waals surface area contributed by atoms with Crippen LogP contribution in [-0.2, 0) is 16.0 Å². The van der Waals surface area contributed by atoms with Crippen LogP contribution in [0.3, 0.4) is 0 Å². The predicted molar refractivity (Wildman–Crippen MR) is 114 cm³/mol. The standard InChI is InChI=1S/C25H29NO2/c1-18-16-22(26(24(18)28)23(27)17-25(2,3)4)15-12-19-10-13-21(14-11-19)20-8-6-5-7-9-20/h5-11,13-14,22H,1,12,15-17H2,2-4H3/t22-/m1/s1. The van der Waals surface area contributed by atoms with Crippen LogP contribution in [0.25, 0.3) is 11.1 Å². The smallest absolute Gasteiger partial charge is 0.256 e. The number of carbonyl (C=O) groups excluding carboxylic acids is 2. The van der Waals surface area contributed by atoms with Gasteiger partial charge in [0.25, 0.3) is 5.91 Å². The van der Waals surface area contributed by atoms with Crippen LogP contribution in [0, 0.1) is 5.41 Å². The summed E-state index contributed by atoms with van der Waals surface area (Å²) in [6.07, 6.45) is 2.55. The summed E-state index contributed by atoms with van der Waals surface area (Å²) in [4.78, 5) is 26.6. The van der Waals surface area contributed by atoms with Crippen molar-refractivity contribution in [2.75, 3.05) is 0 Å². The van der Waals surface area contributed by atoms with Crippen LogP contribution in [0.2, 0.25) is 0 Å². The summed E-state index contributed by atoms with van der Waals surface area (Å²) >= 11 is 0. The zero-order valence-corrected chi connectivity index (χ0v) is 17.1. The molecular formula is C25H29NO2. The van der Waals surface area contributed by atoms with Gasteiger partial charge in [-0.2, -0.15) is 0 Å². The molecule has 3 nitrogen and oxygen atoms in total. The van der Waals surface area contributed by atoms with Crippen molar-refractivity contribution in [1.29, 1.82) is 0 Å². The van der Waals surface area contributed by atoms with Gasteiger partial charge in [-0.15, -0.1) is 0 Å². The normalized spacial score (nSPS) is 17.2. The molecule has 2 amide bonds. The van der Waals surface area contributed by atoms with Crippen LogP contribution in [0.15, 0.2) is 66.7 Å². The summed E-state index contributed by atoms with van der Waals surface area (Å²) in [5, 5.41) is 0. The van der Waals surface area contributed by atoms with E-state index in [0.717, 1.165) is 12.8 Å². The number of hydrogen-bond donors (Lipinski definition) is 0. The highest BCUT2D eigenvalue weighted by Crippen LogP contribution is 2.30. The molecule has 0 aliphatic carbocycles. The quantitative estimate of drug-likeness (QED) is 0.656. The Morgan fingerprint density at radius 2 is 1.64 bits per heavy atom. The maximum Gasteiger partial charge on any atom is 0.256 e. The van der Waals surface area contributed by atoms with Crippen molar-refractivity contribution in [3.8, 4) is 11.1 Å². The van der Waals surface area contributed by atoms with Gasteiger partial charge in [0, 0.05) is 18.0 Å². The van der Waals surface area contributed by atoms with Gasteiger partial charge in [0.2, 0.25) is 5.91 Å². The second-order valence-electron chi connectivity index (χ2n) is 8.87. The third-order valence-electron chi connectivity index (χ3n) is 5.15. The van der Waals surface area contributed by atoms with Gasteiger partial charge >= 0.3 is 0 Å². The molecule has 0 N–H and O–H groups in total. The van der Waals surface area contributed by atoms with Gasteiger partial charge in [0.05, 0.1) is 0 Å². The summed E-state index contributed by atoms with van der Waals surface area (Å²) in [7, 11) is 0. The van der Waals surface area contributed by atoms with E-state index in [1.807, 2.05) is 39.0 Å². The average molecular weight is 376 g/mol. The molecule has 1 saturated heterocycles. The Kier molecular flexibility index (Phi) is 5.83. The largest absolute Gasteiger partial charge is 0.275 e. The first-order chi connectivity index (χ1) is 13.2. The van der Waals surface area contributed by atoms with Crippen LogP contribution < -0.4 is 0 Å². The zero-order valence-electron chi connectivity index (χ0n) is 17.1. The third kappa shape index (κ3) is 4.78. The molecule has 146 valence electrons. The van der Waals surface area contributed by atoms with Crippen LogP contribution >= 0.6 is 0 Å². The molecule has 0 radical (unpaired) electrons. The third-order valence-corrected chi connectivity index (χ3v) is 5.15. The van der Waals surface area contributed by atoms with E-state index in [4.69, 9.17) is 0 Å². The maximum atomic E-state index is 12.7. The minimum absolute atomic E-state index is 0.0800. The first kappa shape index (κ1) is 20.1. The SMILES string of the molecule is C=C1C[C@@H](CCc2ccc(-c3ccccc3)cc2)N(C(=O)CC(C)(C)C)C1=O. The maximum absolute atomic E-state index is 12.7. The molecular weight excluding hydrogens is 346 g/mol. The highest BCUT2D eigenvalue weighted by molar-refractivity contribution is 6.06. The molecule has 1 aliphatic heterocycles. The van der Waals surface area contributed by atoms with Crippen molar-refractivity contribution in [3.05, 3.63) is 72.3 Å². The number of imide groups is 1.